The summed E-state index contributed by atoms with van der Waals surface area (Å²) < 4.78 is 17.1. The Morgan fingerprint density at radius 3 is 2.53 bits per heavy atom. The molecule has 0 aliphatic heterocycles. The molecule has 0 radical (unpaired) electrons. The van der Waals surface area contributed by atoms with E-state index in [2.05, 4.69) is 10.1 Å². The topological polar surface area (TPSA) is 75.6 Å². The number of rotatable bonds is 6. The molecule has 1 rings (SSSR count). The molecular weight excluding hydrogens is 253 g/mol. The van der Waals surface area contributed by atoms with E-state index < -0.39 is 18.6 Å². The molecule has 6 heteroatoms. The van der Waals surface area contributed by atoms with Crippen molar-refractivity contribution >= 4 is 11.9 Å². The van der Waals surface area contributed by atoms with Crippen LogP contribution in [0, 0.1) is 5.82 Å². The van der Waals surface area contributed by atoms with Gasteiger partial charge in [0.1, 0.15) is 5.82 Å². The Morgan fingerprint density at radius 2 is 2.00 bits per heavy atom. The van der Waals surface area contributed by atoms with Gasteiger partial charge in [0.25, 0.3) is 0 Å². The van der Waals surface area contributed by atoms with Gasteiger partial charge in [-0.2, -0.15) is 0 Å². The summed E-state index contributed by atoms with van der Waals surface area (Å²) >= 11 is 0. The van der Waals surface area contributed by atoms with Crippen molar-refractivity contribution in [1.29, 1.82) is 0 Å². The van der Waals surface area contributed by atoms with E-state index in [9.17, 15) is 14.0 Å². The average Bonchev–Trinajstić information content (AvgIpc) is 2.43. The Labute approximate surface area is 110 Å². The number of aryl methyl sites for hydroxylation is 1. The number of hydrogen-bond donors (Lipinski definition) is 2. The van der Waals surface area contributed by atoms with Gasteiger partial charge >= 0.3 is 5.97 Å². The molecule has 0 fully saturated rings. The van der Waals surface area contributed by atoms with Crippen molar-refractivity contribution in [2.45, 2.75) is 18.9 Å². The first-order valence-corrected chi connectivity index (χ1v) is 5.79. The van der Waals surface area contributed by atoms with Crippen LogP contribution in [0.5, 0.6) is 0 Å². The molecule has 0 saturated carbocycles. The van der Waals surface area contributed by atoms with Gasteiger partial charge in [-0.3, -0.25) is 4.79 Å². The van der Waals surface area contributed by atoms with Crippen molar-refractivity contribution in [1.82, 2.24) is 5.32 Å². The summed E-state index contributed by atoms with van der Waals surface area (Å²) in [5.41, 5.74) is 0.815. The third kappa shape index (κ3) is 5.05. The van der Waals surface area contributed by atoms with Crippen molar-refractivity contribution in [3.05, 3.63) is 35.6 Å². The van der Waals surface area contributed by atoms with Crippen LogP contribution >= 0.6 is 0 Å². The van der Waals surface area contributed by atoms with Gasteiger partial charge in [-0.1, -0.05) is 12.1 Å². The van der Waals surface area contributed by atoms with Crippen LogP contribution in [0.4, 0.5) is 4.39 Å². The highest BCUT2D eigenvalue weighted by atomic mass is 19.1. The quantitative estimate of drug-likeness (QED) is 0.733. The van der Waals surface area contributed by atoms with Gasteiger partial charge in [-0.25, -0.2) is 9.18 Å². The minimum absolute atomic E-state index is 0.138. The van der Waals surface area contributed by atoms with Crippen LogP contribution in [-0.2, 0) is 20.7 Å². The zero-order chi connectivity index (χ0) is 14.3. The van der Waals surface area contributed by atoms with Crippen molar-refractivity contribution in [3.63, 3.8) is 0 Å². The maximum atomic E-state index is 12.7. The molecule has 0 heterocycles. The Bertz CT molecular complexity index is 433. The maximum Gasteiger partial charge on any atom is 0.330 e. The fourth-order valence-electron chi connectivity index (χ4n) is 1.50. The van der Waals surface area contributed by atoms with Crippen LogP contribution < -0.4 is 5.32 Å². The number of nitrogens with one attached hydrogen (secondary N) is 1. The highest BCUT2D eigenvalue weighted by Crippen LogP contribution is 2.05. The zero-order valence-corrected chi connectivity index (χ0v) is 10.6. The summed E-state index contributed by atoms with van der Waals surface area (Å²) in [6, 6.07) is 4.76. The first kappa shape index (κ1) is 15.1. The minimum atomic E-state index is -1.05. The molecule has 1 unspecified atom stereocenters. The van der Waals surface area contributed by atoms with E-state index in [1.165, 1.54) is 19.2 Å². The van der Waals surface area contributed by atoms with Crippen molar-refractivity contribution in [2.75, 3.05) is 13.7 Å². The van der Waals surface area contributed by atoms with Gasteiger partial charge in [-0.05, 0) is 24.1 Å². The fraction of sp³-hybridized carbons (Fsp3) is 0.385. The summed E-state index contributed by atoms with van der Waals surface area (Å²) in [6.07, 6.45) is 0.560. The molecular formula is C13H16FNO4. The van der Waals surface area contributed by atoms with Crippen molar-refractivity contribution in [3.8, 4) is 0 Å². The first-order valence-electron chi connectivity index (χ1n) is 5.79. The summed E-state index contributed by atoms with van der Waals surface area (Å²) in [4.78, 5) is 22.7. The van der Waals surface area contributed by atoms with E-state index >= 15 is 0 Å². The number of aliphatic hydroxyl groups excluding tert-OH is 1. The SMILES string of the molecule is COC(=O)C(CO)NC(=O)CCc1ccc(F)cc1. The second-order valence-corrected chi connectivity index (χ2v) is 3.95. The number of carbonyl (C=O) groups excluding carboxylic acids is 2. The monoisotopic (exact) mass is 269 g/mol. The lowest BCUT2D eigenvalue weighted by Crippen LogP contribution is -2.44. The molecule has 104 valence electrons. The van der Waals surface area contributed by atoms with Crippen LogP contribution in [-0.4, -0.2) is 36.7 Å². The van der Waals surface area contributed by atoms with Gasteiger partial charge < -0.3 is 15.2 Å². The Morgan fingerprint density at radius 1 is 1.37 bits per heavy atom. The van der Waals surface area contributed by atoms with E-state index in [0.717, 1.165) is 5.56 Å². The average molecular weight is 269 g/mol. The van der Waals surface area contributed by atoms with Gasteiger partial charge in [0, 0.05) is 6.42 Å². The summed E-state index contributed by atoms with van der Waals surface area (Å²) in [5.74, 6) is -1.41. The minimum Gasteiger partial charge on any atom is -0.467 e. The molecule has 1 aromatic carbocycles. The molecule has 5 nitrogen and oxygen atoms in total. The van der Waals surface area contributed by atoms with Crippen LogP contribution in [0.3, 0.4) is 0 Å². The number of halogens is 1. The molecule has 0 saturated heterocycles. The second-order valence-electron chi connectivity index (χ2n) is 3.95. The van der Waals surface area contributed by atoms with Crippen LogP contribution in [0.25, 0.3) is 0 Å². The number of carbonyl (C=O) groups is 2. The Balaban J connectivity index is 2.42. The molecule has 1 aromatic rings. The summed E-state index contributed by atoms with van der Waals surface area (Å²) in [7, 11) is 1.18. The molecule has 1 amide bonds. The van der Waals surface area contributed by atoms with Crippen LogP contribution in [0.1, 0.15) is 12.0 Å². The van der Waals surface area contributed by atoms with Crippen molar-refractivity contribution in [2.24, 2.45) is 0 Å². The number of amides is 1. The van der Waals surface area contributed by atoms with Gasteiger partial charge in [0.15, 0.2) is 6.04 Å². The van der Waals surface area contributed by atoms with E-state index in [4.69, 9.17) is 5.11 Å². The Kier molecular flexibility index (Phi) is 5.95. The highest BCUT2D eigenvalue weighted by Gasteiger charge is 2.19. The predicted molar refractivity (Wildman–Crippen MR) is 65.8 cm³/mol. The molecule has 0 aliphatic rings. The number of benzene rings is 1. The first-order chi connectivity index (χ1) is 9.06. The standard InChI is InChI=1S/C13H16FNO4/c1-19-13(18)11(8-16)15-12(17)7-4-9-2-5-10(14)6-3-9/h2-3,5-6,11,16H,4,7-8H2,1H3,(H,15,17). The number of aliphatic hydroxyl groups is 1. The molecule has 0 aromatic heterocycles. The maximum absolute atomic E-state index is 12.7. The lowest BCUT2D eigenvalue weighted by atomic mass is 10.1. The fourth-order valence-corrected chi connectivity index (χ4v) is 1.50. The number of esters is 1. The molecule has 1 atom stereocenters. The molecule has 0 spiro atoms. The number of methoxy groups -OCH3 is 1. The van der Waals surface area contributed by atoms with Crippen LogP contribution in [0.2, 0.25) is 0 Å². The normalized spacial score (nSPS) is 11.7. The molecule has 2 N–H and O–H groups in total. The Hall–Kier alpha value is -1.95. The van der Waals surface area contributed by atoms with Crippen molar-refractivity contribution < 1.29 is 23.8 Å². The predicted octanol–water partition coefficient (Wildman–Crippen LogP) is 0.408. The van der Waals surface area contributed by atoms with E-state index in [1.807, 2.05) is 0 Å². The van der Waals surface area contributed by atoms with Crippen LogP contribution in [0.15, 0.2) is 24.3 Å². The third-order valence-electron chi connectivity index (χ3n) is 2.56. The summed E-state index contributed by atoms with van der Waals surface area (Å²) in [5, 5.41) is 11.3. The van der Waals surface area contributed by atoms with E-state index in [-0.39, 0.29) is 18.1 Å². The number of ether oxygens (including phenoxy) is 1. The van der Waals surface area contributed by atoms with E-state index in [0.29, 0.717) is 6.42 Å². The van der Waals surface area contributed by atoms with Gasteiger partial charge in [-0.15, -0.1) is 0 Å². The summed E-state index contributed by atoms with van der Waals surface area (Å²) in [6.45, 7) is -0.519. The second kappa shape index (κ2) is 7.48. The van der Waals surface area contributed by atoms with E-state index in [1.54, 1.807) is 12.1 Å². The lowest BCUT2D eigenvalue weighted by molar-refractivity contribution is -0.146. The molecule has 0 aliphatic carbocycles. The highest BCUT2D eigenvalue weighted by molar-refractivity contribution is 5.84. The largest absolute Gasteiger partial charge is 0.467 e. The third-order valence-corrected chi connectivity index (χ3v) is 2.56. The van der Waals surface area contributed by atoms with Gasteiger partial charge in [0.2, 0.25) is 5.91 Å². The smallest absolute Gasteiger partial charge is 0.330 e. The number of hydrogen-bond acceptors (Lipinski definition) is 4. The van der Waals surface area contributed by atoms with Gasteiger partial charge in [0.05, 0.1) is 13.7 Å². The lowest BCUT2D eigenvalue weighted by Gasteiger charge is -2.13. The zero-order valence-electron chi connectivity index (χ0n) is 10.6. The molecule has 19 heavy (non-hydrogen) atoms. The molecule has 0 bridgehead atoms.